The van der Waals surface area contributed by atoms with Gasteiger partial charge >= 0.3 is 0 Å². The largest absolute Gasteiger partial charge is 0.497 e. The lowest BCUT2D eigenvalue weighted by Gasteiger charge is -2.11. The Kier molecular flexibility index (Phi) is 7.37. The number of nitrogens with zero attached hydrogens (tertiary/aromatic N) is 3. The Bertz CT molecular complexity index is 1170. The van der Waals surface area contributed by atoms with Crippen molar-refractivity contribution in [3.63, 3.8) is 0 Å². The zero-order valence-electron chi connectivity index (χ0n) is 17.5. The molecule has 0 spiro atoms. The van der Waals surface area contributed by atoms with Crippen LogP contribution in [0.15, 0.2) is 83.3 Å². The number of thiophene rings is 1. The monoisotopic (exact) mass is 462 g/mol. The lowest BCUT2D eigenvalue weighted by atomic mass is 10.2. The summed E-state index contributed by atoms with van der Waals surface area (Å²) < 4.78 is 7.25. The number of hydrogen-bond donors (Lipinski definition) is 1. The van der Waals surface area contributed by atoms with Crippen molar-refractivity contribution in [2.75, 3.05) is 7.11 Å². The van der Waals surface area contributed by atoms with Gasteiger partial charge in [-0.1, -0.05) is 48.2 Å². The van der Waals surface area contributed by atoms with Crippen molar-refractivity contribution in [3.05, 3.63) is 94.5 Å². The van der Waals surface area contributed by atoms with E-state index in [1.807, 2.05) is 64.5 Å². The van der Waals surface area contributed by atoms with Crippen molar-refractivity contribution in [3.8, 4) is 11.4 Å². The van der Waals surface area contributed by atoms with E-state index in [9.17, 15) is 4.79 Å². The molecule has 1 N–H and O–H groups in total. The standard InChI is InChI=1S/C24H22N4O2S2/c1-30-20-11-9-19(10-12-20)28-22(16-25-23(29)14-13-21-8-5-15-31-21)26-27-24(28)32-17-18-6-3-2-4-7-18/h2-15H,16-17H2,1H3,(H,25,29)/b14-13+. The Labute approximate surface area is 195 Å². The van der Waals surface area contributed by atoms with Gasteiger partial charge in [0.25, 0.3) is 0 Å². The van der Waals surface area contributed by atoms with Gasteiger partial charge in [-0.05, 0) is 47.4 Å². The first-order valence-electron chi connectivity index (χ1n) is 9.98. The maximum atomic E-state index is 12.3. The quantitative estimate of drug-likeness (QED) is 0.281. The maximum absolute atomic E-state index is 12.3. The van der Waals surface area contributed by atoms with Gasteiger partial charge in [0.05, 0.1) is 13.7 Å². The van der Waals surface area contributed by atoms with Crippen LogP contribution in [0.4, 0.5) is 0 Å². The number of nitrogens with one attached hydrogen (secondary N) is 1. The lowest BCUT2D eigenvalue weighted by molar-refractivity contribution is -0.116. The van der Waals surface area contributed by atoms with Crippen molar-refractivity contribution in [2.45, 2.75) is 17.5 Å². The van der Waals surface area contributed by atoms with Gasteiger partial charge in [-0.2, -0.15) is 0 Å². The molecule has 162 valence electrons. The molecule has 0 aliphatic heterocycles. The number of hydrogen-bond acceptors (Lipinski definition) is 6. The summed E-state index contributed by atoms with van der Waals surface area (Å²) in [5.41, 5.74) is 2.11. The summed E-state index contributed by atoms with van der Waals surface area (Å²) in [6.07, 6.45) is 3.33. The van der Waals surface area contributed by atoms with Gasteiger partial charge in [-0.3, -0.25) is 9.36 Å². The third kappa shape index (κ3) is 5.66. The number of aromatic nitrogens is 3. The van der Waals surface area contributed by atoms with Crippen LogP contribution in [-0.4, -0.2) is 27.8 Å². The van der Waals surface area contributed by atoms with Crippen LogP contribution in [0.2, 0.25) is 0 Å². The fourth-order valence-electron chi connectivity index (χ4n) is 2.99. The maximum Gasteiger partial charge on any atom is 0.244 e. The molecule has 2 aromatic carbocycles. The Morgan fingerprint density at radius 2 is 1.91 bits per heavy atom. The second-order valence-electron chi connectivity index (χ2n) is 6.77. The zero-order chi connectivity index (χ0) is 22.2. The van der Waals surface area contributed by atoms with Gasteiger partial charge < -0.3 is 10.1 Å². The molecule has 2 heterocycles. The first-order valence-corrected chi connectivity index (χ1v) is 11.8. The highest BCUT2D eigenvalue weighted by Gasteiger charge is 2.15. The van der Waals surface area contributed by atoms with E-state index in [4.69, 9.17) is 4.74 Å². The van der Waals surface area contributed by atoms with Crippen molar-refractivity contribution in [1.82, 2.24) is 20.1 Å². The molecule has 4 rings (SSSR count). The van der Waals surface area contributed by atoms with Crippen LogP contribution < -0.4 is 10.1 Å². The molecule has 1 amide bonds. The molecule has 0 aliphatic rings. The SMILES string of the molecule is COc1ccc(-n2c(CNC(=O)/C=C/c3cccs3)nnc2SCc2ccccc2)cc1. The van der Waals surface area contributed by atoms with E-state index in [0.29, 0.717) is 5.82 Å². The van der Waals surface area contributed by atoms with E-state index in [2.05, 4.69) is 27.6 Å². The fourth-order valence-corrected chi connectivity index (χ4v) is 4.53. The number of thioether (sulfide) groups is 1. The lowest BCUT2D eigenvalue weighted by Crippen LogP contribution is -2.22. The average molecular weight is 463 g/mol. The normalized spacial score (nSPS) is 11.0. The van der Waals surface area contributed by atoms with Crippen molar-refractivity contribution >= 4 is 35.1 Å². The molecule has 0 atom stereocenters. The van der Waals surface area contributed by atoms with Gasteiger partial charge in [-0.25, -0.2) is 0 Å². The predicted molar refractivity (Wildman–Crippen MR) is 129 cm³/mol. The highest BCUT2D eigenvalue weighted by molar-refractivity contribution is 7.98. The zero-order valence-corrected chi connectivity index (χ0v) is 19.1. The van der Waals surface area contributed by atoms with E-state index in [1.165, 1.54) is 11.6 Å². The summed E-state index contributed by atoms with van der Waals surface area (Å²) in [7, 11) is 1.64. The Morgan fingerprint density at radius 3 is 2.62 bits per heavy atom. The van der Waals surface area contributed by atoms with Crippen LogP contribution in [-0.2, 0) is 17.1 Å². The topological polar surface area (TPSA) is 69.0 Å². The minimum Gasteiger partial charge on any atom is -0.497 e. The molecule has 0 saturated heterocycles. The molecule has 0 bridgehead atoms. The molecule has 2 aromatic heterocycles. The van der Waals surface area contributed by atoms with E-state index in [0.717, 1.165) is 27.2 Å². The van der Waals surface area contributed by atoms with Gasteiger partial charge in [-0.15, -0.1) is 21.5 Å². The second-order valence-corrected chi connectivity index (χ2v) is 8.69. The number of rotatable bonds is 9. The van der Waals surface area contributed by atoms with E-state index in [-0.39, 0.29) is 12.5 Å². The summed E-state index contributed by atoms with van der Waals surface area (Å²) in [4.78, 5) is 13.3. The van der Waals surface area contributed by atoms with Crippen LogP contribution in [0, 0.1) is 0 Å². The third-order valence-electron chi connectivity index (χ3n) is 4.60. The molecule has 0 unspecified atom stereocenters. The summed E-state index contributed by atoms with van der Waals surface area (Å²) in [5.74, 6) is 2.02. The predicted octanol–water partition coefficient (Wildman–Crippen LogP) is 4.96. The van der Waals surface area contributed by atoms with E-state index >= 15 is 0 Å². The van der Waals surface area contributed by atoms with E-state index in [1.54, 1.807) is 36.3 Å². The second kappa shape index (κ2) is 10.8. The minimum absolute atomic E-state index is 0.179. The van der Waals surface area contributed by atoms with Gasteiger partial charge in [0.2, 0.25) is 5.91 Å². The molecule has 8 heteroatoms. The first-order chi connectivity index (χ1) is 15.7. The Hall–Kier alpha value is -3.36. The van der Waals surface area contributed by atoms with Crippen molar-refractivity contribution < 1.29 is 9.53 Å². The number of methoxy groups -OCH3 is 1. The number of amides is 1. The van der Waals surface area contributed by atoms with Gasteiger partial charge in [0, 0.05) is 22.4 Å². The molecule has 32 heavy (non-hydrogen) atoms. The Balaban J connectivity index is 1.52. The highest BCUT2D eigenvalue weighted by atomic mass is 32.2. The molecule has 0 aliphatic carbocycles. The smallest absolute Gasteiger partial charge is 0.244 e. The highest BCUT2D eigenvalue weighted by Crippen LogP contribution is 2.26. The number of carbonyl (C=O) groups excluding carboxylic acids is 1. The van der Waals surface area contributed by atoms with Crippen LogP contribution in [0.1, 0.15) is 16.3 Å². The number of ether oxygens (including phenoxy) is 1. The van der Waals surface area contributed by atoms with Crippen molar-refractivity contribution in [2.24, 2.45) is 0 Å². The number of benzene rings is 2. The summed E-state index contributed by atoms with van der Waals surface area (Å²) in [6, 6.07) is 21.8. The van der Waals surface area contributed by atoms with Gasteiger partial charge in [0.1, 0.15) is 5.75 Å². The first kappa shape index (κ1) is 21.9. The third-order valence-corrected chi connectivity index (χ3v) is 6.44. The summed E-state index contributed by atoms with van der Waals surface area (Å²) in [6.45, 7) is 0.262. The summed E-state index contributed by atoms with van der Waals surface area (Å²) >= 11 is 3.18. The van der Waals surface area contributed by atoms with Crippen LogP contribution >= 0.6 is 23.1 Å². The average Bonchev–Trinajstić information content (AvgIpc) is 3.51. The molecule has 0 fully saturated rings. The fraction of sp³-hybridized carbons (Fsp3) is 0.125. The Morgan fingerprint density at radius 1 is 1.09 bits per heavy atom. The van der Waals surface area contributed by atoms with Crippen molar-refractivity contribution in [1.29, 1.82) is 0 Å². The van der Waals surface area contributed by atoms with Crippen LogP contribution in [0.3, 0.4) is 0 Å². The summed E-state index contributed by atoms with van der Waals surface area (Å²) in [5, 5.41) is 14.4. The molecule has 0 radical (unpaired) electrons. The molecule has 0 saturated carbocycles. The molecular weight excluding hydrogens is 440 g/mol. The van der Waals surface area contributed by atoms with Crippen LogP contribution in [0.25, 0.3) is 11.8 Å². The molecule has 6 nitrogen and oxygen atoms in total. The molecular formula is C24H22N4O2S2. The van der Waals surface area contributed by atoms with E-state index < -0.39 is 0 Å². The van der Waals surface area contributed by atoms with Gasteiger partial charge in [0.15, 0.2) is 11.0 Å². The minimum atomic E-state index is -0.179. The van der Waals surface area contributed by atoms with Crippen LogP contribution in [0.5, 0.6) is 5.75 Å². The molecule has 4 aromatic rings. The number of carbonyl (C=O) groups is 1.